The van der Waals surface area contributed by atoms with Crippen molar-refractivity contribution in [2.24, 2.45) is 0 Å². The van der Waals surface area contributed by atoms with Crippen LogP contribution in [-0.4, -0.2) is 23.1 Å². The van der Waals surface area contributed by atoms with Crippen molar-refractivity contribution < 1.29 is 17.9 Å². The van der Waals surface area contributed by atoms with Crippen molar-refractivity contribution in [3.05, 3.63) is 40.5 Å². The van der Waals surface area contributed by atoms with E-state index in [0.29, 0.717) is 6.54 Å². The molecule has 124 valence electrons. The van der Waals surface area contributed by atoms with Gasteiger partial charge in [0.1, 0.15) is 5.56 Å². The highest BCUT2D eigenvalue weighted by Crippen LogP contribution is 2.36. The Kier molecular flexibility index (Phi) is 5.46. The Balaban J connectivity index is 2.47. The molecule has 0 radical (unpaired) electrons. The van der Waals surface area contributed by atoms with Crippen molar-refractivity contribution >= 4 is 27.6 Å². The lowest BCUT2D eigenvalue weighted by Crippen LogP contribution is -2.20. The topological polar surface area (TPSA) is 38.2 Å². The van der Waals surface area contributed by atoms with Gasteiger partial charge in [0, 0.05) is 22.9 Å². The van der Waals surface area contributed by atoms with Gasteiger partial charge in [-0.15, -0.1) is 0 Å². The number of aromatic nitrogens is 2. The van der Waals surface area contributed by atoms with Crippen molar-refractivity contribution in [1.29, 1.82) is 0 Å². The van der Waals surface area contributed by atoms with Gasteiger partial charge >= 0.3 is 6.18 Å². The van der Waals surface area contributed by atoms with E-state index >= 15 is 0 Å². The van der Waals surface area contributed by atoms with Gasteiger partial charge in [-0.05, 0) is 32.0 Å². The van der Waals surface area contributed by atoms with Crippen LogP contribution in [-0.2, 0) is 6.18 Å². The smallest absolute Gasteiger partial charge is 0.423 e. The molecule has 0 saturated heterocycles. The van der Waals surface area contributed by atoms with Crippen LogP contribution < -0.4 is 9.64 Å². The van der Waals surface area contributed by atoms with E-state index in [1.165, 1.54) is 0 Å². The predicted molar refractivity (Wildman–Crippen MR) is 85.0 cm³/mol. The summed E-state index contributed by atoms with van der Waals surface area (Å²) in [6.07, 6.45) is -3.80. The second-order valence-corrected chi connectivity index (χ2v) is 5.46. The molecule has 1 heterocycles. The van der Waals surface area contributed by atoms with Gasteiger partial charge in [0.05, 0.1) is 6.61 Å². The first kappa shape index (κ1) is 17.5. The number of rotatable bonds is 5. The van der Waals surface area contributed by atoms with Crippen LogP contribution in [0.15, 0.2) is 34.9 Å². The zero-order valence-corrected chi connectivity index (χ0v) is 14.1. The molecule has 0 aliphatic carbocycles. The Morgan fingerprint density at radius 2 is 2.00 bits per heavy atom. The molecule has 8 heteroatoms. The van der Waals surface area contributed by atoms with Crippen molar-refractivity contribution in [2.45, 2.75) is 20.0 Å². The number of benzene rings is 1. The van der Waals surface area contributed by atoms with Crippen molar-refractivity contribution in [3.8, 4) is 5.88 Å². The molecular formula is C15H15BrF3N3O. The zero-order chi connectivity index (χ0) is 17.0. The quantitative estimate of drug-likeness (QED) is 0.734. The van der Waals surface area contributed by atoms with Crippen LogP contribution in [0.25, 0.3) is 0 Å². The summed E-state index contributed by atoms with van der Waals surface area (Å²) in [6.45, 7) is 4.05. The summed E-state index contributed by atoms with van der Waals surface area (Å²) in [5.41, 5.74) is -0.211. The average molecular weight is 390 g/mol. The second kappa shape index (κ2) is 7.16. The average Bonchev–Trinajstić information content (AvgIpc) is 2.47. The molecule has 0 unspecified atom stereocenters. The SMILES string of the molecule is CCOc1nc(N(CC)c2cccc(Br)c2)ncc1C(F)(F)F. The minimum Gasteiger partial charge on any atom is -0.477 e. The first-order valence-corrected chi connectivity index (χ1v) is 7.76. The summed E-state index contributed by atoms with van der Waals surface area (Å²) in [4.78, 5) is 9.53. The highest BCUT2D eigenvalue weighted by atomic mass is 79.9. The molecule has 0 bridgehead atoms. The van der Waals surface area contributed by atoms with Crippen LogP contribution in [0.2, 0.25) is 0 Å². The highest BCUT2D eigenvalue weighted by molar-refractivity contribution is 9.10. The lowest BCUT2D eigenvalue weighted by molar-refractivity contribution is -0.139. The standard InChI is InChI=1S/C15H15BrF3N3O/c1-3-22(11-7-5-6-10(16)8-11)14-20-9-12(15(17,18)19)13(21-14)23-4-2/h5-9H,3-4H2,1-2H3. The summed E-state index contributed by atoms with van der Waals surface area (Å²) in [5, 5.41) is 0. The molecule has 2 rings (SSSR count). The molecule has 0 atom stereocenters. The van der Waals surface area contributed by atoms with E-state index in [1.807, 2.05) is 31.2 Å². The number of alkyl halides is 3. The van der Waals surface area contributed by atoms with E-state index < -0.39 is 17.6 Å². The third-order valence-electron chi connectivity index (χ3n) is 3.01. The Bertz CT molecular complexity index is 679. The number of nitrogens with zero attached hydrogens (tertiary/aromatic N) is 3. The molecule has 1 aromatic heterocycles. The van der Waals surface area contributed by atoms with E-state index in [1.54, 1.807) is 11.8 Å². The van der Waals surface area contributed by atoms with E-state index in [-0.39, 0.29) is 12.6 Å². The molecule has 0 aliphatic rings. The van der Waals surface area contributed by atoms with Gasteiger partial charge in [0.15, 0.2) is 0 Å². The van der Waals surface area contributed by atoms with Crippen LogP contribution in [0.3, 0.4) is 0 Å². The first-order valence-electron chi connectivity index (χ1n) is 6.97. The molecule has 0 N–H and O–H groups in total. The summed E-state index contributed by atoms with van der Waals surface area (Å²) < 4.78 is 44.9. The van der Waals surface area contributed by atoms with E-state index in [4.69, 9.17) is 4.74 Å². The first-order chi connectivity index (χ1) is 10.9. The molecule has 0 spiro atoms. The molecule has 0 amide bonds. The monoisotopic (exact) mass is 389 g/mol. The Hall–Kier alpha value is -1.83. The molecule has 23 heavy (non-hydrogen) atoms. The number of hydrogen-bond donors (Lipinski definition) is 0. The summed E-state index contributed by atoms with van der Waals surface area (Å²) >= 11 is 3.37. The van der Waals surface area contributed by atoms with Gasteiger partial charge in [0.25, 0.3) is 0 Å². The minimum atomic E-state index is -4.56. The fourth-order valence-electron chi connectivity index (χ4n) is 2.01. The van der Waals surface area contributed by atoms with Crippen molar-refractivity contribution in [1.82, 2.24) is 9.97 Å². The Labute approximate surface area is 140 Å². The van der Waals surface area contributed by atoms with E-state index in [2.05, 4.69) is 25.9 Å². The molecule has 1 aromatic carbocycles. The van der Waals surface area contributed by atoms with Crippen LogP contribution in [0.5, 0.6) is 5.88 Å². The normalized spacial score (nSPS) is 11.4. The minimum absolute atomic E-state index is 0.0859. The molecule has 0 saturated carbocycles. The number of ether oxygens (including phenoxy) is 1. The van der Waals surface area contributed by atoms with Crippen LogP contribution in [0.1, 0.15) is 19.4 Å². The maximum absolute atomic E-state index is 13.0. The Morgan fingerprint density at radius 3 is 2.57 bits per heavy atom. The maximum Gasteiger partial charge on any atom is 0.423 e. The second-order valence-electron chi connectivity index (χ2n) is 4.54. The Morgan fingerprint density at radius 1 is 1.26 bits per heavy atom. The van der Waals surface area contributed by atoms with Gasteiger partial charge in [-0.2, -0.15) is 18.2 Å². The van der Waals surface area contributed by atoms with Crippen LogP contribution in [0, 0.1) is 0 Å². The van der Waals surface area contributed by atoms with Crippen LogP contribution in [0.4, 0.5) is 24.8 Å². The van der Waals surface area contributed by atoms with Crippen LogP contribution >= 0.6 is 15.9 Å². The lowest BCUT2D eigenvalue weighted by atomic mass is 10.3. The van der Waals surface area contributed by atoms with Gasteiger partial charge in [-0.25, -0.2) is 4.98 Å². The third-order valence-corrected chi connectivity index (χ3v) is 3.50. The van der Waals surface area contributed by atoms with Gasteiger partial charge in [-0.1, -0.05) is 22.0 Å². The molecule has 4 nitrogen and oxygen atoms in total. The number of hydrogen-bond acceptors (Lipinski definition) is 4. The molecule has 0 aliphatic heterocycles. The zero-order valence-electron chi connectivity index (χ0n) is 12.6. The third kappa shape index (κ3) is 4.13. The van der Waals surface area contributed by atoms with E-state index in [9.17, 15) is 13.2 Å². The molecular weight excluding hydrogens is 375 g/mol. The molecule has 2 aromatic rings. The summed E-state index contributed by atoms with van der Waals surface area (Å²) in [6, 6.07) is 7.35. The van der Waals surface area contributed by atoms with E-state index in [0.717, 1.165) is 16.4 Å². The van der Waals surface area contributed by atoms with Gasteiger partial charge in [0.2, 0.25) is 11.8 Å². The van der Waals surface area contributed by atoms with Gasteiger partial charge < -0.3 is 9.64 Å². The fraction of sp³-hybridized carbons (Fsp3) is 0.333. The van der Waals surface area contributed by atoms with Crippen molar-refractivity contribution in [2.75, 3.05) is 18.1 Å². The lowest BCUT2D eigenvalue weighted by Gasteiger charge is -2.22. The number of halogens is 4. The highest BCUT2D eigenvalue weighted by Gasteiger charge is 2.36. The summed E-state index contributed by atoms with van der Waals surface area (Å²) in [5.74, 6) is -0.305. The van der Waals surface area contributed by atoms with Crippen molar-refractivity contribution in [3.63, 3.8) is 0 Å². The predicted octanol–water partition coefficient (Wildman–Crippen LogP) is 4.81. The maximum atomic E-state index is 13.0. The largest absolute Gasteiger partial charge is 0.477 e. The molecule has 0 fully saturated rings. The fourth-order valence-corrected chi connectivity index (χ4v) is 2.40. The summed E-state index contributed by atoms with van der Waals surface area (Å²) in [7, 11) is 0. The van der Waals surface area contributed by atoms with Gasteiger partial charge in [-0.3, -0.25) is 0 Å². The number of anilines is 2.